The second-order valence-electron chi connectivity index (χ2n) is 18.1. The third kappa shape index (κ3) is 5.44. The van der Waals surface area contributed by atoms with Gasteiger partial charge in [-0.15, -0.1) is 39.1 Å². The van der Waals surface area contributed by atoms with Gasteiger partial charge in [0, 0.05) is 38.8 Å². The SMILES string of the molecule is c1ccc(C2(c3ccco3)C(c3csc4ccccc34)(C3CCCCCC3)C(C3CCCCC3)C(c3ccon3)(c3nnsc3-c3ccccn3)C2(c2cccs2)c2nccs2)cc1. The van der Waals surface area contributed by atoms with Crippen LogP contribution in [-0.2, 0) is 21.7 Å². The Morgan fingerprint density at radius 2 is 1.45 bits per heavy atom. The van der Waals surface area contributed by atoms with E-state index in [0.29, 0.717) is 0 Å². The van der Waals surface area contributed by atoms with Gasteiger partial charge >= 0.3 is 0 Å². The van der Waals surface area contributed by atoms with E-state index >= 15 is 0 Å². The molecule has 7 aromatic heterocycles. The van der Waals surface area contributed by atoms with Crippen molar-refractivity contribution in [2.24, 2.45) is 17.8 Å². The van der Waals surface area contributed by atoms with Crippen molar-refractivity contribution in [2.45, 2.75) is 92.3 Å². The van der Waals surface area contributed by atoms with Gasteiger partial charge in [-0.25, -0.2) is 4.98 Å². The van der Waals surface area contributed by atoms with Crippen molar-refractivity contribution in [3.63, 3.8) is 0 Å². The summed E-state index contributed by atoms with van der Waals surface area (Å²) in [4.78, 5) is 13.0. The number of rotatable bonds is 10. The second kappa shape index (κ2) is 16.4. The Bertz CT molecular complexity index is 2880. The molecule has 5 unspecified atom stereocenters. The molecule has 0 N–H and O–H groups in total. The highest BCUT2D eigenvalue weighted by Gasteiger charge is 2.89. The molecular formula is C53H49N5O2S4. The number of hydrogen-bond donors (Lipinski definition) is 0. The van der Waals surface area contributed by atoms with E-state index in [4.69, 9.17) is 33.7 Å². The molecule has 2 aromatic carbocycles. The summed E-state index contributed by atoms with van der Waals surface area (Å²) in [6.07, 6.45) is 20.2. The van der Waals surface area contributed by atoms with E-state index in [2.05, 4.69) is 113 Å². The molecule has 3 fully saturated rings. The lowest BCUT2D eigenvalue weighted by molar-refractivity contribution is 0.0454. The first-order chi connectivity index (χ1) is 31.8. The van der Waals surface area contributed by atoms with Gasteiger partial charge in [0.1, 0.15) is 17.0 Å². The van der Waals surface area contributed by atoms with Crippen molar-refractivity contribution in [1.82, 2.24) is 24.7 Å². The Kier molecular flexibility index (Phi) is 10.4. The van der Waals surface area contributed by atoms with Crippen LogP contribution in [0.3, 0.4) is 0 Å². The standard InChI is InChI=1S/C53H49N5O2S4/c1-2-8-20-37(19-7-1)50(40-35-63-42-25-12-11-23-39(40)42)47(36-17-5-3-6-18-36)51(43-28-32-60-57-43,48-46(64-58-56-48)41-24-13-14-29-54-41)53(45-27-16-33-61-45,49-55-30-34-62-49)52(50,44-26-15-31-59-44)38-21-9-4-10-22-38/h4,9-16,21-37,47H,1-3,5-8,17-20H2. The molecule has 12 rings (SSSR count). The zero-order valence-electron chi connectivity index (χ0n) is 35.6. The van der Waals surface area contributed by atoms with Crippen LogP contribution in [0.2, 0.25) is 0 Å². The molecule has 0 spiro atoms. The molecule has 5 atom stereocenters. The maximum Gasteiger partial charge on any atom is 0.124 e. The van der Waals surface area contributed by atoms with Crippen molar-refractivity contribution in [2.75, 3.05) is 0 Å². The monoisotopic (exact) mass is 915 g/mol. The maximum absolute atomic E-state index is 7.39. The molecule has 0 amide bonds. The number of thiophene rings is 2. The lowest BCUT2D eigenvalue weighted by Gasteiger charge is -2.58. The van der Waals surface area contributed by atoms with Gasteiger partial charge in [-0.2, -0.15) is 0 Å². The zero-order chi connectivity index (χ0) is 42.6. The number of benzene rings is 2. The smallest absolute Gasteiger partial charge is 0.124 e. The quantitative estimate of drug-likeness (QED) is 0.126. The fourth-order valence-electron chi connectivity index (χ4n) is 14.0. The van der Waals surface area contributed by atoms with Crippen molar-refractivity contribution < 1.29 is 8.94 Å². The van der Waals surface area contributed by atoms with Crippen molar-refractivity contribution >= 4 is 55.6 Å². The van der Waals surface area contributed by atoms with Crippen LogP contribution in [0.4, 0.5) is 0 Å². The minimum absolute atomic E-state index is 0.130. The molecule has 322 valence electrons. The summed E-state index contributed by atoms with van der Waals surface area (Å²) in [5, 5.41) is 20.2. The van der Waals surface area contributed by atoms with Gasteiger partial charge in [-0.3, -0.25) is 4.98 Å². The highest BCUT2D eigenvalue weighted by molar-refractivity contribution is 7.17. The van der Waals surface area contributed by atoms with Crippen LogP contribution < -0.4 is 0 Å². The topological polar surface area (TPSA) is 90.7 Å². The van der Waals surface area contributed by atoms with Gasteiger partial charge in [-0.05, 0) is 106 Å². The first-order valence-electron chi connectivity index (χ1n) is 22.9. The summed E-state index contributed by atoms with van der Waals surface area (Å²) in [7, 11) is 0. The van der Waals surface area contributed by atoms with Gasteiger partial charge in [-0.1, -0.05) is 128 Å². The third-order valence-electron chi connectivity index (χ3n) is 15.6. The summed E-state index contributed by atoms with van der Waals surface area (Å²) < 4.78 is 20.0. The van der Waals surface area contributed by atoms with Gasteiger partial charge in [0.2, 0.25) is 0 Å². The normalized spacial score (nSPS) is 27.0. The van der Waals surface area contributed by atoms with E-state index in [-0.39, 0.29) is 17.8 Å². The number of furan rings is 1. The molecule has 7 heterocycles. The predicted molar refractivity (Wildman–Crippen MR) is 258 cm³/mol. The van der Waals surface area contributed by atoms with Crippen LogP contribution in [0.15, 0.2) is 153 Å². The van der Waals surface area contributed by atoms with Crippen LogP contribution >= 0.6 is 45.5 Å². The Morgan fingerprint density at radius 1 is 0.641 bits per heavy atom. The maximum atomic E-state index is 7.39. The fraction of sp³-hybridized carbons (Fsp3) is 0.340. The number of thiazole rings is 1. The second-order valence-corrected chi connectivity index (χ2v) is 21.6. The van der Waals surface area contributed by atoms with Crippen molar-refractivity contribution in [1.29, 1.82) is 0 Å². The van der Waals surface area contributed by atoms with E-state index in [1.807, 2.05) is 47.4 Å². The average Bonchev–Trinajstić information content (AvgIpc) is 4.20. The summed E-state index contributed by atoms with van der Waals surface area (Å²) in [5.41, 5.74) is 1.45. The highest BCUT2D eigenvalue weighted by Crippen LogP contribution is 2.84. The molecule has 3 saturated carbocycles. The largest absolute Gasteiger partial charge is 0.468 e. The number of nitrogens with zero attached hydrogens (tertiary/aromatic N) is 5. The number of fused-ring (bicyclic) bond motifs is 1. The number of pyridine rings is 1. The lowest BCUT2D eigenvalue weighted by atomic mass is 9.43. The molecule has 64 heavy (non-hydrogen) atoms. The molecule has 0 radical (unpaired) electrons. The molecule has 0 saturated heterocycles. The van der Waals surface area contributed by atoms with Gasteiger partial charge < -0.3 is 8.94 Å². The first kappa shape index (κ1) is 40.4. The van der Waals surface area contributed by atoms with Crippen LogP contribution in [0.25, 0.3) is 20.7 Å². The third-order valence-corrected chi connectivity index (χ3v) is 19.2. The minimum Gasteiger partial charge on any atom is -0.468 e. The molecule has 3 aliphatic rings. The molecule has 7 nitrogen and oxygen atoms in total. The van der Waals surface area contributed by atoms with E-state index in [0.717, 1.165) is 84.1 Å². The Morgan fingerprint density at radius 3 is 2.19 bits per heavy atom. The molecule has 0 aliphatic heterocycles. The lowest BCUT2D eigenvalue weighted by Crippen LogP contribution is -2.63. The van der Waals surface area contributed by atoms with Gasteiger partial charge in [0.05, 0.1) is 44.5 Å². The van der Waals surface area contributed by atoms with Gasteiger partial charge in [0.15, 0.2) is 0 Å². The van der Waals surface area contributed by atoms with Crippen LogP contribution in [-0.4, -0.2) is 24.7 Å². The molecular weight excluding hydrogens is 867 g/mol. The Balaban J connectivity index is 1.44. The molecule has 0 bridgehead atoms. The molecule has 3 aliphatic carbocycles. The van der Waals surface area contributed by atoms with Crippen LogP contribution in [0, 0.1) is 17.8 Å². The predicted octanol–water partition coefficient (Wildman–Crippen LogP) is 14.3. The van der Waals surface area contributed by atoms with E-state index in [1.165, 1.54) is 56.9 Å². The summed E-state index contributed by atoms with van der Waals surface area (Å²) in [6.45, 7) is 0. The van der Waals surface area contributed by atoms with E-state index in [9.17, 15) is 0 Å². The van der Waals surface area contributed by atoms with Crippen LogP contribution in [0.1, 0.15) is 109 Å². The average molecular weight is 916 g/mol. The Hall–Kier alpha value is -5.07. The minimum atomic E-state index is -1.07. The summed E-state index contributed by atoms with van der Waals surface area (Å²) >= 11 is 6.90. The first-order valence-corrected chi connectivity index (χ1v) is 26.4. The van der Waals surface area contributed by atoms with Crippen LogP contribution in [0.5, 0.6) is 0 Å². The van der Waals surface area contributed by atoms with E-state index in [1.54, 1.807) is 17.6 Å². The number of hydrogen-bond acceptors (Lipinski definition) is 11. The Labute approximate surface area is 389 Å². The summed E-state index contributed by atoms with van der Waals surface area (Å²) in [6, 6.07) is 38.1. The summed E-state index contributed by atoms with van der Waals surface area (Å²) in [5.74, 6) is 1.26. The zero-order valence-corrected chi connectivity index (χ0v) is 38.8. The molecule has 11 heteroatoms. The van der Waals surface area contributed by atoms with Gasteiger partial charge in [0.25, 0.3) is 0 Å². The fourth-order valence-corrected chi connectivity index (χ4v) is 17.8. The van der Waals surface area contributed by atoms with Crippen molar-refractivity contribution in [3.8, 4) is 10.6 Å². The van der Waals surface area contributed by atoms with Crippen molar-refractivity contribution in [3.05, 3.63) is 182 Å². The van der Waals surface area contributed by atoms with E-state index < -0.39 is 21.7 Å². The highest BCUT2D eigenvalue weighted by atomic mass is 32.1. The molecule has 9 aromatic rings. The number of aromatic nitrogens is 5.